The fraction of sp³-hybridized carbons (Fsp3) is 0.667. The van der Waals surface area contributed by atoms with Gasteiger partial charge in [-0.05, 0) is 26.2 Å². The third-order valence-electron chi connectivity index (χ3n) is 3.36. The lowest BCUT2D eigenvalue weighted by atomic mass is 10.2. The minimum absolute atomic E-state index is 0.151. The molecular weight excluding hydrogens is 291 g/mol. The molecule has 0 unspecified atom stereocenters. The molecule has 124 valence electrons. The second-order valence-electron chi connectivity index (χ2n) is 4.99. The summed E-state index contributed by atoms with van der Waals surface area (Å²) in [4.78, 5) is 34.3. The molecule has 1 aromatic rings. The van der Waals surface area contributed by atoms with Gasteiger partial charge in [-0.3, -0.25) is 18.7 Å². The Hall–Kier alpha value is -1.92. The first-order chi connectivity index (χ1) is 10.5. The Morgan fingerprint density at radius 2 is 1.86 bits per heavy atom. The molecular formula is C15H23FN2O4. The van der Waals surface area contributed by atoms with E-state index in [0.29, 0.717) is 26.0 Å². The molecule has 1 aromatic heterocycles. The lowest BCUT2D eigenvalue weighted by Gasteiger charge is -2.09. The predicted octanol–water partition coefficient (Wildman–Crippen LogP) is 1.68. The second kappa shape index (κ2) is 9.17. The largest absolute Gasteiger partial charge is 0.466 e. The molecule has 0 atom stereocenters. The van der Waals surface area contributed by atoms with Crippen LogP contribution >= 0.6 is 0 Å². The predicted molar refractivity (Wildman–Crippen MR) is 80.3 cm³/mol. The molecule has 22 heavy (non-hydrogen) atoms. The van der Waals surface area contributed by atoms with Crippen molar-refractivity contribution in [1.29, 1.82) is 0 Å². The van der Waals surface area contributed by atoms with Crippen molar-refractivity contribution in [2.24, 2.45) is 0 Å². The van der Waals surface area contributed by atoms with Crippen molar-refractivity contribution in [3.63, 3.8) is 0 Å². The van der Waals surface area contributed by atoms with Crippen LogP contribution in [0.2, 0.25) is 0 Å². The average Bonchev–Trinajstić information content (AvgIpc) is 2.51. The summed E-state index contributed by atoms with van der Waals surface area (Å²) in [6.07, 6.45) is 4.51. The molecule has 0 bridgehead atoms. The topological polar surface area (TPSA) is 70.3 Å². The third kappa shape index (κ3) is 5.13. The Kier molecular flexibility index (Phi) is 7.56. The maximum atomic E-state index is 13.5. The van der Waals surface area contributed by atoms with E-state index >= 15 is 0 Å². The SMILES string of the molecule is CCC(=O)OCCCCCCn1cc(F)c(=O)n(CC)c1=O. The highest BCUT2D eigenvalue weighted by molar-refractivity contribution is 5.68. The van der Waals surface area contributed by atoms with Gasteiger partial charge in [0.05, 0.1) is 12.8 Å². The fourth-order valence-corrected chi connectivity index (χ4v) is 2.08. The number of halogens is 1. The minimum Gasteiger partial charge on any atom is -0.466 e. The summed E-state index contributed by atoms with van der Waals surface area (Å²) in [5.74, 6) is -1.11. The zero-order valence-electron chi connectivity index (χ0n) is 13.1. The summed E-state index contributed by atoms with van der Waals surface area (Å²) in [6, 6.07) is 0. The van der Waals surface area contributed by atoms with Crippen molar-refractivity contribution >= 4 is 5.97 Å². The first-order valence-electron chi connectivity index (χ1n) is 7.66. The van der Waals surface area contributed by atoms with E-state index in [0.717, 1.165) is 30.0 Å². The van der Waals surface area contributed by atoms with Crippen molar-refractivity contribution in [1.82, 2.24) is 9.13 Å². The Morgan fingerprint density at radius 3 is 2.50 bits per heavy atom. The summed E-state index contributed by atoms with van der Waals surface area (Å²) in [7, 11) is 0. The number of hydrogen-bond acceptors (Lipinski definition) is 4. The van der Waals surface area contributed by atoms with Crippen LogP contribution in [0.25, 0.3) is 0 Å². The number of aromatic nitrogens is 2. The van der Waals surface area contributed by atoms with Crippen LogP contribution in [-0.4, -0.2) is 21.7 Å². The smallest absolute Gasteiger partial charge is 0.331 e. The van der Waals surface area contributed by atoms with E-state index in [-0.39, 0.29) is 12.5 Å². The van der Waals surface area contributed by atoms with Crippen LogP contribution in [0.15, 0.2) is 15.8 Å². The van der Waals surface area contributed by atoms with Gasteiger partial charge in [-0.25, -0.2) is 4.79 Å². The average molecular weight is 314 g/mol. The van der Waals surface area contributed by atoms with Crippen LogP contribution in [0.1, 0.15) is 46.0 Å². The summed E-state index contributed by atoms with van der Waals surface area (Å²) in [5.41, 5.74) is -1.35. The van der Waals surface area contributed by atoms with E-state index in [4.69, 9.17) is 4.74 Å². The zero-order valence-corrected chi connectivity index (χ0v) is 13.1. The van der Waals surface area contributed by atoms with Crippen LogP contribution in [0.4, 0.5) is 4.39 Å². The van der Waals surface area contributed by atoms with Crippen molar-refractivity contribution in [3.8, 4) is 0 Å². The van der Waals surface area contributed by atoms with E-state index < -0.39 is 17.1 Å². The number of carbonyl (C=O) groups is 1. The highest BCUT2D eigenvalue weighted by atomic mass is 19.1. The Bertz CT molecular complexity index is 607. The Balaban J connectivity index is 2.40. The molecule has 0 aliphatic heterocycles. The number of carbonyl (C=O) groups excluding carboxylic acids is 1. The van der Waals surface area contributed by atoms with Crippen molar-refractivity contribution in [2.45, 2.75) is 59.0 Å². The molecule has 0 aliphatic rings. The van der Waals surface area contributed by atoms with E-state index in [1.54, 1.807) is 13.8 Å². The standard InChI is InChI=1S/C15H23FN2O4/c1-3-13(19)22-10-8-6-5-7-9-17-11-12(16)14(20)18(4-2)15(17)21/h11H,3-10H2,1-2H3. The molecule has 0 saturated heterocycles. The quantitative estimate of drug-likeness (QED) is 0.514. The number of rotatable bonds is 9. The van der Waals surface area contributed by atoms with Gasteiger partial charge in [0, 0.05) is 19.5 Å². The van der Waals surface area contributed by atoms with Gasteiger partial charge in [0.15, 0.2) is 0 Å². The number of aryl methyl sites for hydroxylation is 1. The maximum Gasteiger partial charge on any atom is 0.331 e. The van der Waals surface area contributed by atoms with Crippen LogP contribution in [-0.2, 0) is 22.6 Å². The molecule has 0 fully saturated rings. The monoisotopic (exact) mass is 314 g/mol. The van der Waals surface area contributed by atoms with Gasteiger partial charge in [-0.15, -0.1) is 0 Å². The van der Waals surface area contributed by atoms with Crippen LogP contribution in [0, 0.1) is 5.82 Å². The van der Waals surface area contributed by atoms with Gasteiger partial charge in [-0.1, -0.05) is 13.3 Å². The molecule has 0 radical (unpaired) electrons. The highest BCUT2D eigenvalue weighted by Crippen LogP contribution is 2.02. The van der Waals surface area contributed by atoms with Crippen molar-refractivity contribution < 1.29 is 13.9 Å². The van der Waals surface area contributed by atoms with E-state index in [2.05, 4.69) is 0 Å². The Morgan fingerprint density at radius 1 is 1.18 bits per heavy atom. The minimum atomic E-state index is -0.909. The van der Waals surface area contributed by atoms with Crippen LogP contribution in [0.5, 0.6) is 0 Å². The molecule has 0 aromatic carbocycles. The zero-order chi connectivity index (χ0) is 16.5. The number of nitrogens with zero attached hydrogens (tertiary/aromatic N) is 2. The number of unbranched alkanes of at least 4 members (excludes halogenated alkanes) is 3. The summed E-state index contributed by atoms with van der Waals surface area (Å²) < 4.78 is 20.5. The summed E-state index contributed by atoms with van der Waals surface area (Å²) >= 11 is 0. The second-order valence-corrected chi connectivity index (χ2v) is 4.99. The fourth-order valence-electron chi connectivity index (χ4n) is 2.08. The highest BCUT2D eigenvalue weighted by Gasteiger charge is 2.09. The molecule has 0 aliphatic carbocycles. The van der Waals surface area contributed by atoms with E-state index in [9.17, 15) is 18.8 Å². The number of ether oxygens (including phenoxy) is 1. The van der Waals surface area contributed by atoms with E-state index in [1.807, 2.05) is 0 Å². The molecule has 6 nitrogen and oxygen atoms in total. The van der Waals surface area contributed by atoms with Gasteiger partial charge < -0.3 is 4.74 Å². The van der Waals surface area contributed by atoms with Crippen molar-refractivity contribution in [2.75, 3.05) is 6.61 Å². The van der Waals surface area contributed by atoms with Crippen LogP contribution < -0.4 is 11.2 Å². The first-order valence-corrected chi connectivity index (χ1v) is 7.66. The molecule has 0 amide bonds. The molecule has 0 spiro atoms. The van der Waals surface area contributed by atoms with Crippen molar-refractivity contribution in [3.05, 3.63) is 32.9 Å². The van der Waals surface area contributed by atoms with Gasteiger partial charge >= 0.3 is 11.7 Å². The molecule has 7 heteroatoms. The van der Waals surface area contributed by atoms with Gasteiger partial charge in [-0.2, -0.15) is 4.39 Å². The van der Waals surface area contributed by atoms with Crippen LogP contribution in [0.3, 0.4) is 0 Å². The molecule has 1 rings (SSSR count). The molecule has 0 N–H and O–H groups in total. The normalized spacial score (nSPS) is 10.7. The number of esters is 1. The Labute approximate surface area is 128 Å². The van der Waals surface area contributed by atoms with E-state index in [1.165, 1.54) is 4.57 Å². The summed E-state index contributed by atoms with van der Waals surface area (Å²) in [6.45, 7) is 4.30. The maximum absolute atomic E-state index is 13.5. The van der Waals surface area contributed by atoms with Gasteiger partial charge in [0.1, 0.15) is 0 Å². The summed E-state index contributed by atoms with van der Waals surface area (Å²) in [5, 5.41) is 0. The first kappa shape index (κ1) is 18.1. The lowest BCUT2D eigenvalue weighted by Crippen LogP contribution is -2.40. The van der Waals surface area contributed by atoms with Gasteiger partial charge in [0.25, 0.3) is 5.56 Å². The molecule has 1 heterocycles. The lowest BCUT2D eigenvalue weighted by molar-refractivity contribution is -0.143. The third-order valence-corrected chi connectivity index (χ3v) is 3.36. The molecule has 0 saturated carbocycles. The van der Waals surface area contributed by atoms with Gasteiger partial charge in [0.2, 0.25) is 5.82 Å². The number of hydrogen-bond donors (Lipinski definition) is 0.